The van der Waals surface area contributed by atoms with Gasteiger partial charge in [0, 0.05) is 5.39 Å². The summed E-state index contributed by atoms with van der Waals surface area (Å²) in [5.41, 5.74) is 1.57. The molecule has 0 heterocycles. The lowest BCUT2D eigenvalue weighted by atomic mass is 10.1. The van der Waals surface area contributed by atoms with Crippen LogP contribution >= 0.6 is 0 Å². The molecule has 0 aliphatic heterocycles. The number of esters is 1. The van der Waals surface area contributed by atoms with Crippen LogP contribution in [0.2, 0.25) is 0 Å². The lowest BCUT2D eigenvalue weighted by molar-refractivity contribution is 0.0447. The number of ether oxygens (including phenoxy) is 3. The molecule has 0 fully saturated rings. The second kappa shape index (κ2) is 16.8. The van der Waals surface area contributed by atoms with Gasteiger partial charge in [0.2, 0.25) is 0 Å². The van der Waals surface area contributed by atoms with Crippen LogP contribution < -0.4 is 9.47 Å². The van der Waals surface area contributed by atoms with E-state index >= 15 is 0 Å². The smallest absolute Gasteiger partial charge is 0.338 e. The Hall–Kier alpha value is -3.01. The fourth-order valence-corrected chi connectivity index (χ4v) is 4.37. The lowest BCUT2D eigenvalue weighted by Gasteiger charge is -2.12. The van der Waals surface area contributed by atoms with Gasteiger partial charge in [-0.05, 0) is 59.7 Å². The molecule has 38 heavy (non-hydrogen) atoms. The standard InChI is InChI=1S/C34H46O4/c1-4-6-7-8-9-10-11-12-13-23-36-31-21-22-32-30(24-31)15-14-16-33(32)37-26-28-17-19-29(20-18-28)34(35)38-25-27(3)5-2/h14-22,24,27H,4-13,23,25-26H2,1-3H3/t27-/m1/s1. The summed E-state index contributed by atoms with van der Waals surface area (Å²) in [6, 6.07) is 19.7. The van der Waals surface area contributed by atoms with Crippen LogP contribution in [0.25, 0.3) is 10.8 Å². The van der Waals surface area contributed by atoms with Gasteiger partial charge < -0.3 is 14.2 Å². The molecule has 0 bridgehead atoms. The average Bonchev–Trinajstić information content (AvgIpc) is 2.95. The summed E-state index contributed by atoms with van der Waals surface area (Å²) in [4.78, 5) is 12.2. The Bertz CT molecular complexity index is 1090. The SMILES string of the molecule is CCCCCCCCCCCOc1ccc2c(OCc3ccc(C(=O)OC[C@H](C)CC)cc3)cccc2c1. The Morgan fingerprint density at radius 2 is 1.50 bits per heavy atom. The van der Waals surface area contributed by atoms with Crippen molar-refractivity contribution in [2.45, 2.75) is 91.6 Å². The van der Waals surface area contributed by atoms with Gasteiger partial charge in [-0.1, -0.05) is 103 Å². The molecule has 0 saturated heterocycles. The van der Waals surface area contributed by atoms with Crippen molar-refractivity contribution in [3.05, 3.63) is 71.8 Å². The predicted octanol–water partition coefficient (Wildman–Crippen LogP) is 9.53. The molecule has 3 aromatic rings. The third kappa shape index (κ3) is 10.0. The first-order valence-corrected chi connectivity index (χ1v) is 14.6. The average molecular weight is 519 g/mol. The molecule has 3 aromatic carbocycles. The molecule has 1 atom stereocenters. The molecule has 206 valence electrons. The fraction of sp³-hybridized carbons (Fsp3) is 0.500. The van der Waals surface area contributed by atoms with Crippen LogP contribution in [0.1, 0.15) is 101 Å². The Morgan fingerprint density at radius 1 is 0.789 bits per heavy atom. The van der Waals surface area contributed by atoms with Gasteiger partial charge in [-0.3, -0.25) is 0 Å². The molecule has 0 aliphatic carbocycles. The van der Waals surface area contributed by atoms with Crippen molar-refractivity contribution < 1.29 is 19.0 Å². The normalized spacial score (nSPS) is 11.9. The molecule has 0 saturated carbocycles. The van der Waals surface area contributed by atoms with E-state index in [0.29, 0.717) is 24.7 Å². The first kappa shape index (κ1) is 29.5. The molecule has 0 aromatic heterocycles. The van der Waals surface area contributed by atoms with Crippen LogP contribution in [0.4, 0.5) is 0 Å². The van der Waals surface area contributed by atoms with Crippen LogP contribution in [0, 0.1) is 5.92 Å². The van der Waals surface area contributed by atoms with Gasteiger partial charge in [0.25, 0.3) is 0 Å². The minimum absolute atomic E-state index is 0.275. The molecular formula is C34H46O4. The Balaban J connectivity index is 1.43. The quantitative estimate of drug-likeness (QED) is 0.124. The molecule has 0 N–H and O–H groups in total. The number of hydrogen-bond donors (Lipinski definition) is 0. The van der Waals surface area contributed by atoms with Crippen LogP contribution in [0.15, 0.2) is 60.7 Å². The van der Waals surface area contributed by atoms with E-state index < -0.39 is 0 Å². The summed E-state index contributed by atoms with van der Waals surface area (Å²) >= 11 is 0. The molecular weight excluding hydrogens is 472 g/mol. The van der Waals surface area contributed by atoms with E-state index in [9.17, 15) is 4.79 Å². The molecule has 0 spiro atoms. The molecule has 0 radical (unpaired) electrons. The zero-order valence-corrected chi connectivity index (χ0v) is 23.7. The van der Waals surface area contributed by atoms with Crippen molar-refractivity contribution >= 4 is 16.7 Å². The molecule has 4 nitrogen and oxygen atoms in total. The number of benzene rings is 3. The Labute approximate surface area is 229 Å². The highest BCUT2D eigenvalue weighted by atomic mass is 16.5. The highest BCUT2D eigenvalue weighted by molar-refractivity contribution is 5.90. The van der Waals surface area contributed by atoms with E-state index in [2.05, 4.69) is 39.0 Å². The molecule has 0 amide bonds. The molecule has 0 unspecified atom stereocenters. The minimum atomic E-state index is -0.275. The number of carbonyl (C=O) groups excluding carboxylic acids is 1. The maximum atomic E-state index is 12.2. The van der Waals surface area contributed by atoms with E-state index in [0.717, 1.165) is 47.3 Å². The lowest BCUT2D eigenvalue weighted by Crippen LogP contribution is -2.11. The van der Waals surface area contributed by atoms with Gasteiger partial charge in [-0.25, -0.2) is 4.79 Å². The zero-order chi connectivity index (χ0) is 27.0. The first-order valence-electron chi connectivity index (χ1n) is 14.6. The largest absolute Gasteiger partial charge is 0.494 e. The van der Waals surface area contributed by atoms with Crippen LogP contribution in [0.5, 0.6) is 11.5 Å². The summed E-state index contributed by atoms with van der Waals surface area (Å²) in [7, 11) is 0. The van der Waals surface area contributed by atoms with Crippen molar-refractivity contribution in [2.24, 2.45) is 5.92 Å². The Kier molecular flexibility index (Phi) is 13.0. The number of fused-ring (bicyclic) bond motifs is 1. The van der Waals surface area contributed by atoms with Crippen molar-refractivity contribution in [3.63, 3.8) is 0 Å². The number of carbonyl (C=O) groups is 1. The summed E-state index contributed by atoms with van der Waals surface area (Å²) in [5, 5.41) is 2.17. The number of hydrogen-bond acceptors (Lipinski definition) is 4. The molecule has 4 heteroatoms. The van der Waals surface area contributed by atoms with Gasteiger partial charge in [0.15, 0.2) is 0 Å². The van der Waals surface area contributed by atoms with Crippen LogP contribution in [-0.4, -0.2) is 19.2 Å². The second-order valence-electron chi connectivity index (χ2n) is 10.4. The maximum absolute atomic E-state index is 12.2. The van der Waals surface area contributed by atoms with E-state index in [4.69, 9.17) is 14.2 Å². The van der Waals surface area contributed by atoms with Gasteiger partial charge in [0.05, 0.1) is 18.8 Å². The van der Waals surface area contributed by atoms with Gasteiger partial charge >= 0.3 is 5.97 Å². The maximum Gasteiger partial charge on any atom is 0.338 e. The highest BCUT2D eigenvalue weighted by Gasteiger charge is 2.10. The topological polar surface area (TPSA) is 44.8 Å². The summed E-state index contributed by atoms with van der Waals surface area (Å²) in [6.07, 6.45) is 12.8. The third-order valence-corrected chi connectivity index (χ3v) is 7.11. The van der Waals surface area contributed by atoms with Crippen molar-refractivity contribution in [1.29, 1.82) is 0 Å². The van der Waals surface area contributed by atoms with E-state index in [1.165, 1.54) is 51.4 Å². The number of rotatable bonds is 18. The van der Waals surface area contributed by atoms with Crippen LogP contribution in [0.3, 0.4) is 0 Å². The molecule has 3 rings (SSSR count). The summed E-state index contributed by atoms with van der Waals surface area (Å²) in [5.74, 6) is 1.84. The highest BCUT2D eigenvalue weighted by Crippen LogP contribution is 2.29. The monoisotopic (exact) mass is 518 g/mol. The third-order valence-electron chi connectivity index (χ3n) is 7.11. The number of unbranched alkanes of at least 4 members (excludes halogenated alkanes) is 8. The summed E-state index contributed by atoms with van der Waals surface area (Å²) < 4.78 is 17.6. The molecule has 0 aliphatic rings. The van der Waals surface area contributed by atoms with Crippen molar-refractivity contribution in [2.75, 3.05) is 13.2 Å². The minimum Gasteiger partial charge on any atom is -0.494 e. The Morgan fingerprint density at radius 3 is 2.21 bits per heavy atom. The zero-order valence-electron chi connectivity index (χ0n) is 23.7. The van der Waals surface area contributed by atoms with Crippen molar-refractivity contribution in [1.82, 2.24) is 0 Å². The van der Waals surface area contributed by atoms with E-state index in [-0.39, 0.29) is 5.97 Å². The van der Waals surface area contributed by atoms with Crippen molar-refractivity contribution in [3.8, 4) is 11.5 Å². The first-order chi connectivity index (χ1) is 18.6. The van der Waals surface area contributed by atoms with Gasteiger partial charge in [-0.2, -0.15) is 0 Å². The second-order valence-corrected chi connectivity index (χ2v) is 10.4. The van der Waals surface area contributed by atoms with Gasteiger partial charge in [0.1, 0.15) is 18.1 Å². The predicted molar refractivity (Wildman–Crippen MR) is 157 cm³/mol. The summed E-state index contributed by atoms with van der Waals surface area (Å²) in [6.45, 7) is 8.08. The fourth-order valence-electron chi connectivity index (χ4n) is 4.37. The van der Waals surface area contributed by atoms with E-state index in [1.807, 2.05) is 30.3 Å². The van der Waals surface area contributed by atoms with Crippen LogP contribution in [-0.2, 0) is 11.3 Å². The van der Waals surface area contributed by atoms with Gasteiger partial charge in [-0.15, -0.1) is 0 Å². The van der Waals surface area contributed by atoms with E-state index in [1.54, 1.807) is 12.1 Å².